The van der Waals surface area contributed by atoms with Crippen molar-refractivity contribution < 1.29 is 17.6 Å². The maximum absolute atomic E-state index is 14.9. The summed E-state index contributed by atoms with van der Waals surface area (Å²) in [5.74, 6) is -0.256. The number of hydrogen-bond acceptors (Lipinski definition) is 3. The predicted octanol–water partition coefficient (Wildman–Crippen LogP) is 6.60. The fourth-order valence-electron chi connectivity index (χ4n) is 4.50. The number of hydrogen-bond donors (Lipinski definition) is 0. The van der Waals surface area contributed by atoms with Crippen LogP contribution in [0.3, 0.4) is 0 Å². The molecule has 5 nitrogen and oxygen atoms in total. The van der Waals surface area contributed by atoms with Crippen molar-refractivity contribution in [1.82, 2.24) is 24.1 Å². The molecule has 0 saturated heterocycles. The zero-order valence-electron chi connectivity index (χ0n) is 18.6. The van der Waals surface area contributed by atoms with E-state index in [0.717, 1.165) is 17.8 Å². The van der Waals surface area contributed by atoms with Crippen LogP contribution in [-0.2, 0) is 12.7 Å². The molecule has 3 heterocycles. The molecule has 1 aromatic heterocycles. The second kappa shape index (κ2) is 8.30. The Balaban J connectivity index is 1.63. The largest absolute Gasteiger partial charge is 0.417 e. The van der Waals surface area contributed by atoms with E-state index >= 15 is 0 Å². The van der Waals surface area contributed by atoms with Crippen LogP contribution in [0.1, 0.15) is 11.4 Å². The van der Waals surface area contributed by atoms with Gasteiger partial charge in [0.05, 0.1) is 34.5 Å². The molecule has 0 amide bonds. The minimum atomic E-state index is -4.69. The lowest BCUT2D eigenvalue weighted by Crippen LogP contribution is -2.13. The van der Waals surface area contributed by atoms with E-state index in [1.54, 1.807) is 35.0 Å². The summed E-state index contributed by atoms with van der Waals surface area (Å²) in [6, 6.07) is 18.3. The molecule has 0 spiro atoms. The first-order valence-corrected chi connectivity index (χ1v) is 11.1. The van der Waals surface area contributed by atoms with Crippen LogP contribution in [0.5, 0.6) is 0 Å². The van der Waals surface area contributed by atoms with Gasteiger partial charge in [0.1, 0.15) is 23.7 Å². The number of halogens is 4. The molecule has 36 heavy (non-hydrogen) atoms. The second-order valence-corrected chi connectivity index (χ2v) is 8.29. The molecule has 4 aromatic rings. The van der Waals surface area contributed by atoms with E-state index in [4.69, 9.17) is 4.98 Å². The van der Waals surface area contributed by atoms with Crippen molar-refractivity contribution in [1.29, 1.82) is 0 Å². The summed E-state index contributed by atoms with van der Waals surface area (Å²) in [5.41, 5.74) is 1.53. The average molecular weight is 487 g/mol. The fourth-order valence-corrected chi connectivity index (χ4v) is 4.50. The van der Waals surface area contributed by atoms with Crippen LogP contribution < -0.4 is 0 Å². The average Bonchev–Trinajstić information content (AvgIpc) is 3.47. The molecular weight excluding hydrogens is 470 g/mol. The van der Waals surface area contributed by atoms with E-state index in [-0.39, 0.29) is 23.4 Å². The molecule has 2 aliphatic heterocycles. The number of imidazole rings is 2. The predicted molar refractivity (Wildman–Crippen MR) is 127 cm³/mol. The Morgan fingerprint density at radius 3 is 2.42 bits per heavy atom. The summed E-state index contributed by atoms with van der Waals surface area (Å²) < 4.78 is 61.0. The second-order valence-electron chi connectivity index (χ2n) is 8.29. The van der Waals surface area contributed by atoms with Crippen LogP contribution in [0.25, 0.3) is 39.2 Å². The van der Waals surface area contributed by atoms with Crippen molar-refractivity contribution >= 4 is 11.0 Å². The van der Waals surface area contributed by atoms with Gasteiger partial charge < -0.3 is 4.57 Å². The van der Waals surface area contributed by atoms with Gasteiger partial charge in [-0.1, -0.05) is 36.4 Å². The molecule has 0 aliphatic carbocycles. The van der Waals surface area contributed by atoms with Crippen LogP contribution in [0.15, 0.2) is 91.5 Å². The monoisotopic (exact) mass is 487 g/mol. The van der Waals surface area contributed by atoms with Crippen molar-refractivity contribution in [3.05, 3.63) is 109 Å². The molecule has 6 rings (SSSR count). The zero-order chi connectivity index (χ0) is 24.9. The molecule has 0 saturated carbocycles. The summed E-state index contributed by atoms with van der Waals surface area (Å²) in [4.78, 5) is 13.1. The third kappa shape index (κ3) is 3.69. The van der Waals surface area contributed by atoms with Crippen LogP contribution in [0.4, 0.5) is 17.6 Å². The quantitative estimate of drug-likeness (QED) is 0.264. The van der Waals surface area contributed by atoms with Crippen LogP contribution >= 0.6 is 0 Å². The molecule has 0 N–H and O–H groups in total. The van der Waals surface area contributed by atoms with Gasteiger partial charge in [0.2, 0.25) is 0 Å². The molecule has 178 valence electrons. The number of rotatable bonds is 4. The number of benzene rings is 3. The van der Waals surface area contributed by atoms with E-state index in [9.17, 15) is 17.6 Å². The molecule has 3 aromatic carbocycles. The Kier molecular flexibility index (Phi) is 5.06. The number of aromatic nitrogens is 5. The SMILES string of the molecule is Fc1ccccc1-c1c(-n2c(Cn3ccc4ncnc-4c3)nc3ccccc32)cccc1C(F)(F)F. The van der Waals surface area contributed by atoms with Crippen molar-refractivity contribution in [3.8, 4) is 28.2 Å². The topological polar surface area (TPSA) is 48.5 Å². The highest BCUT2D eigenvalue weighted by atomic mass is 19.4. The summed E-state index contributed by atoms with van der Waals surface area (Å²) in [6.45, 7) is 0.241. The van der Waals surface area contributed by atoms with Crippen LogP contribution in [-0.4, -0.2) is 24.1 Å². The third-order valence-corrected chi connectivity index (χ3v) is 6.05. The lowest BCUT2D eigenvalue weighted by molar-refractivity contribution is -0.137. The third-order valence-electron chi connectivity index (χ3n) is 6.05. The molecule has 0 bridgehead atoms. The molecule has 9 heteroatoms. The van der Waals surface area contributed by atoms with Gasteiger partial charge in [0, 0.05) is 23.5 Å². The maximum atomic E-state index is 14.9. The smallest absolute Gasteiger partial charge is 0.344 e. The summed E-state index contributed by atoms with van der Waals surface area (Å²) in [5, 5.41) is 0. The normalized spacial score (nSPS) is 12.0. The van der Waals surface area contributed by atoms with Crippen molar-refractivity contribution in [2.24, 2.45) is 0 Å². The van der Waals surface area contributed by atoms with Crippen molar-refractivity contribution in [3.63, 3.8) is 0 Å². The molecule has 0 unspecified atom stereocenters. The van der Waals surface area contributed by atoms with Gasteiger partial charge in [-0.05, 0) is 36.4 Å². The van der Waals surface area contributed by atoms with Crippen molar-refractivity contribution in [2.75, 3.05) is 0 Å². The molecule has 0 fully saturated rings. The van der Waals surface area contributed by atoms with Gasteiger partial charge in [0.15, 0.2) is 0 Å². The van der Waals surface area contributed by atoms with Gasteiger partial charge in [0.25, 0.3) is 0 Å². The minimum absolute atomic E-state index is 0.134. The van der Waals surface area contributed by atoms with E-state index in [0.29, 0.717) is 22.6 Å². The Bertz CT molecular complexity index is 1680. The van der Waals surface area contributed by atoms with Crippen LogP contribution in [0, 0.1) is 5.82 Å². The number of pyridine rings is 1. The zero-order valence-corrected chi connectivity index (χ0v) is 18.6. The molecule has 0 atom stereocenters. The fraction of sp³-hybridized carbons (Fsp3) is 0.0741. The van der Waals surface area contributed by atoms with E-state index in [1.807, 2.05) is 22.9 Å². The first kappa shape index (κ1) is 22.0. The highest BCUT2D eigenvalue weighted by molar-refractivity contribution is 5.84. The number of nitrogens with zero attached hydrogens (tertiary/aromatic N) is 5. The Morgan fingerprint density at radius 1 is 0.806 bits per heavy atom. The number of fused-ring (bicyclic) bond motifs is 2. The first-order valence-electron chi connectivity index (χ1n) is 11.1. The number of alkyl halides is 3. The highest BCUT2D eigenvalue weighted by Crippen LogP contribution is 2.42. The van der Waals surface area contributed by atoms with Crippen LogP contribution in [0.2, 0.25) is 0 Å². The maximum Gasteiger partial charge on any atom is 0.417 e. The van der Waals surface area contributed by atoms with Crippen molar-refractivity contribution in [2.45, 2.75) is 12.7 Å². The summed E-state index contributed by atoms with van der Waals surface area (Å²) in [6.07, 6.45) is 0.383. The Morgan fingerprint density at radius 2 is 1.58 bits per heavy atom. The number of para-hydroxylation sites is 2. The molecular formula is C27H17F4N5. The minimum Gasteiger partial charge on any atom is -0.344 e. The highest BCUT2D eigenvalue weighted by Gasteiger charge is 2.36. The summed E-state index contributed by atoms with van der Waals surface area (Å²) in [7, 11) is 0. The lowest BCUT2D eigenvalue weighted by Gasteiger charge is -2.20. The lowest BCUT2D eigenvalue weighted by atomic mass is 9.96. The Hall–Kier alpha value is -4.53. The van der Waals surface area contributed by atoms with Gasteiger partial charge in [-0.2, -0.15) is 13.2 Å². The van der Waals surface area contributed by atoms with Gasteiger partial charge in [-0.15, -0.1) is 0 Å². The Labute approximate surface area is 202 Å². The standard InChI is InChI=1S/C27H17F4N5/c28-19-8-2-1-6-17(19)26-18(27(29,30)31)7-5-11-24(26)36-23-10-4-3-9-21(23)34-25(36)15-35-13-12-20-22(14-35)33-16-32-20/h1-14,16H,15H2. The van der Waals surface area contributed by atoms with Gasteiger partial charge in [-0.3, -0.25) is 4.57 Å². The van der Waals surface area contributed by atoms with Gasteiger partial charge >= 0.3 is 6.18 Å². The summed E-state index contributed by atoms with van der Waals surface area (Å²) >= 11 is 0. The first-order chi connectivity index (χ1) is 17.4. The van der Waals surface area contributed by atoms with E-state index < -0.39 is 17.6 Å². The molecule has 0 radical (unpaired) electrons. The van der Waals surface area contributed by atoms with E-state index in [1.165, 1.54) is 30.6 Å². The van der Waals surface area contributed by atoms with Gasteiger partial charge in [-0.25, -0.2) is 19.3 Å². The molecule has 2 aliphatic rings. The van der Waals surface area contributed by atoms with E-state index in [2.05, 4.69) is 9.97 Å².